The Balaban J connectivity index is 2.45. The molecular weight excluding hydrogens is 238 g/mol. The summed E-state index contributed by atoms with van der Waals surface area (Å²) < 4.78 is 2.03. The van der Waals surface area contributed by atoms with Crippen molar-refractivity contribution in [2.75, 3.05) is 0 Å². The summed E-state index contributed by atoms with van der Waals surface area (Å²) in [7, 11) is 0. The average Bonchev–Trinajstić information content (AvgIpc) is 2.77. The number of aryl methyl sites for hydroxylation is 3. The molecule has 1 aromatic heterocycles. The second kappa shape index (κ2) is 6.68. The second-order valence-corrected chi connectivity index (χ2v) is 5.63. The highest BCUT2D eigenvalue weighted by atomic mass is 15.3. The van der Waals surface area contributed by atoms with E-state index >= 15 is 0 Å². The lowest BCUT2D eigenvalue weighted by atomic mass is 9.86. The van der Waals surface area contributed by atoms with Gasteiger partial charge in [0, 0.05) is 24.8 Å². The van der Waals surface area contributed by atoms with Gasteiger partial charge >= 0.3 is 0 Å². The maximum atomic E-state index is 7.54. The molecule has 0 fully saturated rings. The zero-order chi connectivity index (χ0) is 14.5. The SMILES string of the molecule is CCc1nc(CC)n(CCCCC(C)(C)C(=N)N)n1. The van der Waals surface area contributed by atoms with Crippen LogP contribution in [0.1, 0.15) is 58.6 Å². The minimum atomic E-state index is -0.190. The normalized spacial score (nSPS) is 11.8. The van der Waals surface area contributed by atoms with Crippen LogP contribution in [0.15, 0.2) is 0 Å². The summed E-state index contributed by atoms with van der Waals surface area (Å²) in [5.41, 5.74) is 5.40. The number of hydrogen-bond acceptors (Lipinski definition) is 3. The highest BCUT2D eigenvalue weighted by Gasteiger charge is 2.20. The Bertz CT molecular complexity index is 419. The van der Waals surface area contributed by atoms with Crippen LogP contribution in [0.2, 0.25) is 0 Å². The second-order valence-electron chi connectivity index (χ2n) is 5.63. The molecule has 108 valence electrons. The van der Waals surface area contributed by atoms with Crippen molar-refractivity contribution in [1.82, 2.24) is 14.8 Å². The van der Waals surface area contributed by atoms with Gasteiger partial charge in [-0.05, 0) is 12.8 Å². The maximum Gasteiger partial charge on any atom is 0.150 e. The first kappa shape index (κ1) is 15.7. The monoisotopic (exact) mass is 265 g/mol. The fraction of sp³-hybridized carbons (Fsp3) is 0.786. The highest BCUT2D eigenvalue weighted by Crippen LogP contribution is 2.22. The van der Waals surface area contributed by atoms with E-state index in [0.717, 1.165) is 50.3 Å². The summed E-state index contributed by atoms with van der Waals surface area (Å²) in [5, 5.41) is 12.0. The molecule has 0 aliphatic rings. The van der Waals surface area contributed by atoms with Crippen molar-refractivity contribution in [2.45, 2.75) is 66.3 Å². The van der Waals surface area contributed by atoms with Gasteiger partial charge in [-0.1, -0.05) is 34.1 Å². The van der Waals surface area contributed by atoms with E-state index in [2.05, 4.69) is 23.9 Å². The predicted molar refractivity (Wildman–Crippen MR) is 78.3 cm³/mol. The average molecular weight is 265 g/mol. The van der Waals surface area contributed by atoms with Gasteiger partial charge in [0.25, 0.3) is 0 Å². The van der Waals surface area contributed by atoms with E-state index in [0.29, 0.717) is 0 Å². The van der Waals surface area contributed by atoms with Gasteiger partial charge in [-0.2, -0.15) is 5.10 Å². The van der Waals surface area contributed by atoms with Crippen molar-refractivity contribution < 1.29 is 0 Å². The fourth-order valence-corrected chi connectivity index (χ4v) is 1.98. The number of nitrogens with one attached hydrogen (secondary N) is 1. The van der Waals surface area contributed by atoms with Crippen molar-refractivity contribution in [3.63, 3.8) is 0 Å². The fourth-order valence-electron chi connectivity index (χ4n) is 1.98. The van der Waals surface area contributed by atoms with Crippen LogP contribution in [-0.4, -0.2) is 20.6 Å². The summed E-state index contributed by atoms with van der Waals surface area (Å²) in [6.07, 6.45) is 4.86. The third-order valence-corrected chi connectivity index (χ3v) is 3.58. The van der Waals surface area contributed by atoms with Crippen LogP contribution >= 0.6 is 0 Å². The highest BCUT2D eigenvalue weighted by molar-refractivity contribution is 5.82. The van der Waals surface area contributed by atoms with Gasteiger partial charge in [0.15, 0.2) is 5.82 Å². The van der Waals surface area contributed by atoms with Gasteiger partial charge in [-0.15, -0.1) is 0 Å². The van der Waals surface area contributed by atoms with Crippen LogP contribution in [0.3, 0.4) is 0 Å². The smallest absolute Gasteiger partial charge is 0.150 e. The lowest BCUT2D eigenvalue weighted by Gasteiger charge is -2.22. The van der Waals surface area contributed by atoms with Gasteiger partial charge < -0.3 is 5.73 Å². The van der Waals surface area contributed by atoms with E-state index in [1.807, 2.05) is 18.5 Å². The lowest BCUT2D eigenvalue weighted by Crippen LogP contribution is -2.30. The summed E-state index contributed by atoms with van der Waals surface area (Å²) in [6, 6.07) is 0. The topological polar surface area (TPSA) is 80.6 Å². The van der Waals surface area contributed by atoms with Gasteiger partial charge in [0.2, 0.25) is 0 Å². The van der Waals surface area contributed by atoms with Crippen molar-refractivity contribution in [3.05, 3.63) is 11.6 Å². The minimum absolute atomic E-state index is 0.190. The van der Waals surface area contributed by atoms with E-state index in [1.54, 1.807) is 0 Å². The quantitative estimate of drug-likeness (QED) is 0.430. The molecule has 5 nitrogen and oxygen atoms in total. The largest absolute Gasteiger partial charge is 0.387 e. The first-order chi connectivity index (χ1) is 8.90. The molecule has 0 atom stereocenters. The molecule has 0 aliphatic carbocycles. The molecule has 0 bridgehead atoms. The Morgan fingerprint density at radius 1 is 1.26 bits per heavy atom. The molecule has 0 amide bonds. The Hall–Kier alpha value is -1.39. The summed E-state index contributed by atoms with van der Waals surface area (Å²) >= 11 is 0. The van der Waals surface area contributed by atoms with Crippen molar-refractivity contribution in [1.29, 1.82) is 5.41 Å². The van der Waals surface area contributed by atoms with Gasteiger partial charge in [-0.3, -0.25) is 5.41 Å². The van der Waals surface area contributed by atoms with E-state index < -0.39 is 0 Å². The van der Waals surface area contributed by atoms with Crippen molar-refractivity contribution in [2.24, 2.45) is 11.1 Å². The number of nitrogens with two attached hydrogens (primary N) is 1. The van der Waals surface area contributed by atoms with E-state index in [4.69, 9.17) is 11.1 Å². The third-order valence-electron chi connectivity index (χ3n) is 3.58. The molecule has 0 saturated carbocycles. The molecule has 19 heavy (non-hydrogen) atoms. The summed E-state index contributed by atoms with van der Waals surface area (Å²) in [4.78, 5) is 4.50. The van der Waals surface area contributed by atoms with Gasteiger partial charge in [0.05, 0.1) is 5.84 Å². The molecule has 1 aromatic rings. The molecule has 0 spiro atoms. The Labute approximate surface area is 116 Å². The van der Waals surface area contributed by atoms with Gasteiger partial charge in [-0.25, -0.2) is 9.67 Å². The van der Waals surface area contributed by atoms with Crippen LogP contribution in [0, 0.1) is 10.8 Å². The lowest BCUT2D eigenvalue weighted by molar-refractivity contribution is 0.421. The zero-order valence-electron chi connectivity index (χ0n) is 12.7. The Morgan fingerprint density at radius 3 is 2.47 bits per heavy atom. The van der Waals surface area contributed by atoms with Crippen LogP contribution in [0.5, 0.6) is 0 Å². The molecule has 0 aromatic carbocycles. The number of aromatic nitrogens is 3. The summed E-state index contributed by atoms with van der Waals surface area (Å²) in [6.45, 7) is 9.15. The third kappa shape index (κ3) is 4.33. The number of unbranched alkanes of at least 4 members (excludes halogenated alkanes) is 1. The molecule has 0 saturated heterocycles. The molecule has 0 aliphatic heterocycles. The van der Waals surface area contributed by atoms with Crippen LogP contribution in [-0.2, 0) is 19.4 Å². The zero-order valence-corrected chi connectivity index (χ0v) is 12.7. The van der Waals surface area contributed by atoms with Crippen LogP contribution < -0.4 is 5.73 Å². The predicted octanol–water partition coefficient (Wildman–Crippen LogP) is 2.54. The standard InChI is InChI=1S/C14H27N5/c1-5-11-17-12(6-2)19(18-11)10-8-7-9-14(3,4)13(15)16/h5-10H2,1-4H3,(H3,15,16). The number of nitrogens with zero attached hydrogens (tertiary/aromatic N) is 3. The Morgan fingerprint density at radius 2 is 1.95 bits per heavy atom. The van der Waals surface area contributed by atoms with Crippen LogP contribution in [0.25, 0.3) is 0 Å². The van der Waals surface area contributed by atoms with E-state index in [1.165, 1.54) is 0 Å². The molecule has 1 rings (SSSR count). The van der Waals surface area contributed by atoms with E-state index in [9.17, 15) is 0 Å². The van der Waals surface area contributed by atoms with Crippen molar-refractivity contribution >= 4 is 5.84 Å². The Kier molecular flexibility index (Phi) is 5.51. The molecule has 3 N–H and O–H groups in total. The number of hydrogen-bond donors (Lipinski definition) is 2. The number of rotatable bonds is 8. The van der Waals surface area contributed by atoms with E-state index in [-0.39, 0.29) is 11.3 Å². The minimum Gasteiger partial charge on any atom is -0.387 e. The maximum absolute atomic E-state index is 7.54. The summed E-state index contributed by atoms with van der Waals surface area (Å²) in [5.74, 6) is 2.28. The molecule has 1 heterocycles. The molecule has 0 unspecified atom stereocenters. The first-order valence-electron chi connectivity index (χ1n) is 7.17. The molecular formula is C14H27N5. The first-order valence-corrected chi connectivity index (χ1v) is 7.17. The van der Waals surface area contributed by atoms with Crippen LogP contribution in [0.4, 0.5) is 0 Å². The number of amidine groups is 1. The molecule has 5 heteroatoms. The van der Waals surface area contributed by atoms with Gasteiger partial charge in [0.1, 0.15) is 5.82 Å². The van der Waals surface area contributed by atoms with Crippen molar-refractivity contribution in [3.8, 4) is 0 Å². The molecule has 0 radical (unpaired) electrons.